The number of nitrogens with zero attached hydrogens (tertiary/aromatic N) is 3. The average Bonchev–Trinajstić information content (AvgIpc) is 2.65. The van der Waals surface area contributed by atoms with Crippen LogP contribution >= 0.6 is 0 Å². The molecule has 18 heavy (non-hydrogen) atoms. The van der Waals surface area contributed by atoms with Gasteiger partial charge >= 0.3 is 5.69 Å². The SMILES string of the molecule is CCc1nn(-c2n[nH]c(=O)[nH]c2=O)c(CC)c1N. The van der Waals surface area contributed by atoms with Gasteiger partial charge in [-0.15, -0.1) is 5.10 Å². The van der Waals surface area contributed by atoms with Gasteiger partial charge in [-0.25, -0.2) is 14.6 Å². The number of nitrogen functional groups attached to an aromatic ring is 1. The van der Waals surface area contributed by atoms with Gasteiger partial charge in [0.15, 0.2) is 0 Å². The Morgan fingerprint density at radius 1 is 1.28 bits per heavy atom. The van der Waals surface area contributed by atoms with Crippen LogP contribution < -0.4 is 17.0 Å². The zero-order valence-electron chi connectivity index (χ0n) is 10.1. The van der Waals surface area contributed by atoms with E-state index in [0.717, 1.165) is 0 Å². The second-order valence-electron chi connectivity index (χ2n) is 3.76. The Kier molecular flexibility index (Phi) is 3.00. The highest BCUT2D eigenvalue weighted by atomic mass is 16.2. The van der Waals surface area contributed by atoms with Crippen molar-refractivity contribution in [3.63, 3.8) is 0 Å². The number of hydrogen-bond donors (Lipinski definition) is 3. The van der Waals surface area contributed by atoms with E-state index in [9.17, 15) is 9.59 Å². The lowest BCUT2D eigenvalue weighted by Crippen LogP contribution is -2.29. The highest BCUT2D eigenvalue weighted by molar-refractivity contribution is 5.50. The Morgan fingerprint density at radius 3 is 2.56 bits per heavy atom. The number of hydrogen-bond acceptors (Lipinski definition) is 5. The highest BCUT2D eigenvalue weighted by Gasteiger charge is 2.17. The van der Waals surface area contributed by atoms with E-state index in [-0.39, 0.29) is 5.82 Å². The van der Waals surface area contributed by atoms with Crippen LogP contribution in [0.15, 0.2) is 9.59 Å². The van der Waals surface area contributed by atoms with Crippen molar-refractivity contribution >= 4 is 5.69 Å². The van der Waals surface area contributed by atoms with Gasteiger partial charge in [0, 0.05) is 0 Å². The molecule has 2 rings (SSSR count). The Balaban J connectivity index is 2.70. The number of aromatic nitrogens is 5. The first kappa shape index (κ1) is 12.1. The summed E-state index contributed by atoms with van der Waals surface area (Å²) in [4.78, 5) is 24.7. The van der Waals surface area contributed by atoms with Gasteiger partial charge in [-0.05, 0) is 12.8 Å². The van der Waals surface area contributed by atoms with Gasteiger partial charge in [-0.3, -0.25) is 9.78 Å². The summed E-state index contributed by atoms with van der Waals surface area (Å²) in [5.74, 6) is 0.0119. The van der Waals surface area contributed by atoms with Crippen molar-refractivity contribution < 1.29 is 0 Å². The number of nitrogens with two attached hydrogens (primary N) is 1. The quantitative estimate of drug-likeness (QED) is 0.668. The molecule has 0 fully saturated rings. The van der Waals surface area contributed by atoms with E-state index >= 15 is 0 Å². The molecule has 8 nitrogen and oxygen atoms in total. The van der Waals surface area contributed by atoms with Crippen molar-refractivity contribution in [3.8, 4) is 5.82 Å². The van der Waals surface area contributed by atoms with Crippen LogP contribution in [-0.2, 0) is 12.8 Å². The second-order valence-corrected chi connectivity index (χ2v) is 3.76. The Hall–Kier alpha value is -2.38. The van der Waals surface area contributed by atoms with Crippen LogP contribution in [0.1, 0.15) is 25.2 Å². The summed E-state index contributed by atoms with van der Waals surface area (Å²) in [6.45, 7) is 3.83. The second kappa shape index (κ2) is 4.47. The number of nitrogens with one attached hydrogen (secondary N) is 2. The molecule has 0 aliphatic carbocycles. The first-order valence-electron chi connectivity index (χ1n) is 5.64. The maximum Gasteiger partial charge on any atom is 0.342 e. The molecule has 0 aliphatic heterocycles. The van der Waals surface area contributed by atoms with Gasteiger partial charge in [-0.1, -0.05) is 13.8 Å². The van der Waals surface area contributed by atoms with Crippen LogP contribution in [-0.4, -0.2) is 25.0 Å². The van der Waals surface area contributed by atoms with Crippen molar-refractivity contribution in [1.82, 2.24) is 25.0 Å². The third kappa shape index (κ3) is 1.81. The molecule has 0 aliphatic rings. The molecule has 0 saturated carbocycles. The predicted molar refractivity (Wildman–Crippen MR) is 65.8 cm³/mol. The molecule has 4 N–H and O–H groups in total. The minimum Gasteiger partial charge on any atom is -0.396 e. The van der Waals surface area contributed by atoms with E-state index in [4.69, 9.17) is 5.73 Å². The lowest BCUT2D eigenvalue weighted by atomic mass is 10.2. The summed E-state index contributed by atoms with van der Waals surface area (Å²) in [6.07, 6.45) is 1.27. The summed E-state index contributed by atoms with van der Waals surface area (Å²) in [7, 11) is 0. The van der Waals surface area contributed by atoms with Crippen molar-refractivity contribution in [1.29, 1.82) is 0 Å². The topological polar surface area (TPSA) is 122 Å². The minimum atomic E-state index is -0.655. The normalized spacial score (nSPS) is 10.8. The maximum atomic E-state index is 11.7. The van der Waals surface area contributed by atoms with E-state index in [2.05, 4.69) is 20.3 Å². The molecule has 2 aromatic rings. The third-order valence-electron chi connectivity index (χ3n) is 2.66. The molecule has 0 bridgehead atoms. The van der Waals surface area contributed by atoms with Crippen LogP contribution in [0.3, 0.4) is 0 Å². The van der Waals surface area contributed by atoms with Crippen molar-refractivity contribution in [2.45, 2.75) is 26.7 Å². The summed E-state index contributed by atoms with van der Waals surface area (Å²) in [5, 5.41) is 10.1. The smallest absolute Gasteiger partial charge is 0.342 e. The summed E-state index contributed by atoms with van der Waals surface area (Å²) < 4.78 is 1.38. The van der Waals surface area contributed by atoms with Gasteiger partial charge in [0.2, 0.25) is 5.82 Å². The molecule has 2 aromatic heterocycles. The van der Waals surface area contributed by atoms with Crippen LogP contribution in [0.2, 0.25) is 0 Å². The fraction of sp³-hybridized carbons (Fsp3) is 0.400. The van der Waals surface area contributed by atoms with Gasteiger partial charge in [0.25, 0.3) is 5.56 Å². The van der Waals surface area contributed by atoms with E-state index in [1.54, 1.807) is 0 Å². The molecular weight excluding hydrogens is 236 g/mol. The zero-order valence-corrected chi connectivity index (χ0v) is 10.1. The van der Waals surface area contributed by atoms with Crippen molar-refractivity contribution in [2.24, 2.45) is 0 Å². The van der Waals surface area contributed by atoms with Crippen molar-refractivity contribution in [3.05, 3.63) is 32.2 Å². The molecule has 0 aromatic carbocycles. The van der Waals surface area contributed by atoms with Crippen LogP contribution in [0.25, 0.3) is 5.82 Å². The Labute approximate surface area is 102 Å². The summed E-state index contributed by atoms with van der Waals surface area (Å²) in [6, 6.07) is 0. The molecule has 0 spiro atoms. The van der Waals surface area contributed by atoms with Crippen LogP contribution in [0, 0.1) is 0 Å². The predicted octanol–water partition coefficient (Wildman–Crippen LogP) is -0.649. The molecule has 0 amide bonds. The van der Waals surface area contributed by atoms with E-state index in [1.807, 2.05) is 13.8 Å². The number of aromatic amines is 2. The van der Waals surface area contributed by atoms with E-state index in [0.29, 0.717) is 29.9 Å². The zero-order chi connectivity index (χ0) is 13.3. The molecule has 0 radical (unpaired) electrons. The molecule has 96 valence electrons. The summed E-state index contributed by atoms with van der Waals surface area (Å²) in [5.41, 5.74) is 6.67. The first-order chi connectivity index (χ1) is 8.58. The van der Waals surface area contributed by atoms with E-state index < -0.39 is 11.2 Å². The van der Waals surface area contributed by atoms with Crippen LogP contribution in [0.4, 0.5) is 5.69 Å². The van der Waals surface area contributed by atoms with Gasteiger partial charge in [0.05, 0.1) is 17.1 Å². The largest absolute Gasteiger partial charge is 0.396 e. The molecule has 0 saturated heterocycles. The number of H-pyrrole nitrogens is 2. The minimum absolute atomic E-state index is 0.0119. The maximum absolute atomic E-state index is 11.7. The summed E-state index contributed by atoms with van der Waals surface area (Å²) >= 11 is 0. The van der Waals surface area contributed by atoms with Gasteiger partial charge < -0.3 is 5.73 Å². The number of aryl methyl sites for hydroxylation is 1. The molecule has 2 heterocycles. The lowest BCUT2D eigenvalue weighted by Gasteiger charge is -2.02. The number of anilines is 1. The monoisotopic (exact) mass is 250 g/mol. The Bertz CT molecular complexity index is 680. The Morgan fingerprint density at radius 2 is 2.00 bits per heavy atom. The lowest BCUT2D eigenvalue weighted by molar-refractivity contribution is 0.724. The van der Waals surface area contributed by atoms with Crippen molar-refractivity contribution in [2.75, 3.05) is 5.73 Å². The number of rotatable bonds is 3. The molecular formula is C10H14N6O2. The third-order valence-corrected chi connectivity index (χ3v) is 2.66. The van der Waals surface area contributed by atoms with Crippen LogP contribution in [0.5, 0.6) is 0 Å². The van der Waals surface area contributed by atoms with Gasteiger partial charge in [0.1, 0.15) is 0 Å². The molecule has 8 heteroatoms. The standard InChI is InChI=1S/C10H14N6O2/c1-3-5-7(11)6(4-2)16(15-5)8-9(17)12-10(18)14-13-8/h3-4,11H2,1-2H3,(H2,12,14,17,18). The average molecular weight is 250 g/mol. The van der Waals surface area contributed by atoms with Gasteiger partial charge in [-0.2, -0.15) is 5.10 Å². The highest BCUT2D eigenvalue weighted by Crippen LogP contribution is 2.19. The molecule has 0 unspecified atom stereocenters. The molecule has 0 atom stereocenters. The fourth-order valence-corrected chi connectivity index (χ4v) is 1.78. The fourth-order valence-electron chi connectivity index (χ4n) is 1.78. The first-order valence-corrected chi connectivity index (χ1v) is 5.64. The van der Waals surface area contributed by atoms with E-state index in [1.165, 1.54) is 4.68 Å².